The van der Waals surface area contributed by atoms with Gasteiger partial charge < -0.3 is 4.74 Å². The largest absolute Gasteiger partial charge is 0.432 e. The van der Waals surface area contributed by atoms with Gasteiger partial charge in [-0.2, -0.15) is 22.0 Å². The van der Waals surface area contributed by atoms with Crippen molar-refractivity contribution >= 4 is 0 Å². The molecule has 0 spiro atoms. The Balaban J connectivity index is 3.33. The topological polar surface area (TPSA) is 9.23 Å². The summed E-state index contributed by atoms with van der Waals surface area (Å²) in [6, 6.07) is 1.64. The van der Waals surface area contributed by atoms with E-state index in [9.17, 15) is 26.3 Å². The van der Waals surface area contributed by atoms with Gasteiger partial charge in [-0.25, -0.2) is 4.39 Å². The summed E-state index contributed by atoms with van der Waals surface area (Å²) in [5, 5.41) is 0. The molecule has 1 aromatic rings. The fraction of sp³-hybridized carbons (Fsp3) is 0.455. The first-order valence-corrected chi connectivity index (χ1v) is 5.01. The molecule has 0 aliphatic rings. The van der Waals surface area contributed by atoms with Crippen molar-refractivity contribution in [2.45, 2.75) is 32.6 Å². The molecule has 0 heterocycles. The van der Waals surface area contributed by atoms with Gasteiger partial charge in [-0.3, -0.25) is 0 Å². The average molecular weight is 272 g/mol. The molecule has 1 rings (SSSR count). The number of hydrogen-bond donors (Lipinski definition) is 0. The Morgan fingerprint density at radius 1 is 1.11 bits per heavy atom. The van der Waals surface area contributed by atoms with Crippen LogP contribution in [0.25, 0.3) is 0 Å². The van der Waals surface area contributed by atoms with Gasteiger partial charge in [0, 0.05) is 6.42 Å². The van der Waals surface area contributed by atoms with Crippen molar-refractivity contribution in [3.63, 3.8) is 0 Å². The van der Waals surface area contributed by atoms with Crippen molar-refractivity contribution in [2.75, 3.05) is 0 Å². The molecule has 0 bridgehead atoms. The van der Waals surface area contributed by atoms with Gasteiger partial charge in [-0.05, 0) is 18.6 Å². The summed E-state index contributed by atoms with van der Waals surface area (Å²) in [4.78, 5) is 0. The molecular weight excluding hydrogens is 262 g/mol. The third kappa shape index (κ3) is 3.08. The predicted octanol–water partition coefficient (Wildman–Crippen LogP) is 4.53. The minimum absolute atomic E-state index is 0.297. The SMILES string of the molecule is CCC(F)(F)Oc1ccc(C)c(F)c1C(F)(F)F. The molecule has 1 aromatic carbocycles. The first-order valence-electron chi connectivity index (χ1n) is 5.01. The van der Waals surface area contributed by atoms with Crippen LogP contribution < -0.4 is 4.74 Å². The molecule has 0 atom stereocenters. The van der Waals surface area contributed by atoms with Gasteiger partial charge in [-0.15, -0.1) is 0 Å². The highest BCUT2D eigenvalue weighted by Gasteiger charge is 2.41. The van der Waals surface area contributed by atoms with Crippen LogP contribution in [0.3, 0.4) is 0 Å². The summed E-state index contributed by atoms with van der Waals surface area (Å²) < 4.78 is 81.0. The lowest BCUT2D eigenvalue weighted by molar-refractivity contribution is -0.184. The molecule has 7 heteroatoms. The van der Waals surface area contributed by atoms with E-state index in [-0.39, 0.29) is 5.56 Å². The van der Waals surface area contributed by atoms with Crippen molar-refractivity contribution < 1.29 is 31.1 Å². The number of aryl methyl sites for hydroxylation is 1. The minimum atomic E-state index is -5.10. The van der Waals surface area contributed by atoms with Gasteiger partial charge in [0.25, 0.3) is 0 Å². The summed E-state index contributed by atoms with van der Waals surface area (Å²) >= 11 is 0. The van der Waals surface area contributed by atoms with Crippen LogP contribution in [0.2, 0.25) is 0 Å². The van der Waals surface area contributed by atoms with Crippen molar-refractivity contribution in [3.05, 3.63) is 29.1 Å². The molecule has 0 aliphatic carbocycles. The highest BCUT2D eigenvalue weighted by atomic mass is 19.4. The molecule has 0 radical (unpaired) electrons. The van der Waals surface area contributed by atoms with E-state index in [0.29, 0.717) is 6.07 Å². The highest BCUT2D eigenvalue weighted by molar-refractivity contribution is 5.40. The Kier molecular flexibility index (Phi) is 3.83. The minimum Gasteiger partial charge on any atom is -0.432 e. The predicted molar refractivity (Wildman–Crippen MR) is 52.0 cm³/mol. The summed E-state index contributed by atoms with van der Waals surface area (Å²) in [5.74, 6) is -2.82. The van der Waals surface area contributed by atoms with Crippen LogP contribution in [0, 0.1) is 12.7 Å². The van der Waals surface area contributed by atoms with Crippen LogP contribution in [-0.2, 0) is 6.18 Å². The molecule has 0 unspecified atom stereocenters. The molecule has 0 aliphatic heterocycles. The van der Waals surface area contributed by atoms with Gasteiger partial charge in [0.15, 0.2) is 0 Å². The molecule has 102 valence electrons. The van der Waals surface area contributed by atoms with Crippen molar-refractivity contribution in [1.29, 1.82) is 0 Å². The molecule has 0 saturated heterocycles. The molecule has 0 amide bonds. The summed E-state index contributed by atoms with van der Waals surface area (Å²) in [6.45, 7) is 2.14. The number of hydrogen-bond acceptors (Lipinski definition) is 1. The highest BCUT2D eigenvalue weighted by Crippen LogP contribution is 2.41. The van der Waals surface area contributed by atoms with E-state index in [0.717, 1.165) is 19.9 Å². The summed E-state index contributed by atoms with van der Waals surface area (Å²) in [7, 11) is 0. The molecule has 0 fully saturated rings. The standard InChI is InChI=1S/C11H10F6O/c1-3-10(13,14)18-7-5-4-6(2)9(12)8(7)11(15,16)17/h4-5H,3H2,1-2H3. The van der Waals surface area contributed by atoms with E-state index in [4.69, 9.17) is 0 Å². The Bertz CT molecular complexity index is 438. The molecule has 1 nitrogen and oxygen atoms in total. The zero-order chi connectivity index (χ0) is 14.1. The van der Waals surface area contributed by atoms with Gasteiger partial charge in [0.05, 0.1) is 0 Å². The number of benzene rings is 1. The second kappa shape index (κ2) is 4.70. The van der Waals surface area contributed by atoms with E-state index in [2.05, 4.69) is 4.74 Å². The Morgan fingerprint density at radius 3 is 2.11 bits per heavy atom. The van der Waals surface area contributed by atoms with E-state index in [1.807, 2.05) is 0 Å². The molecular formula is C11H10F6O. The lowest BCUT2D eigenvalue weighted by Gasteiger charge is -2.20. The zero-order valence-corrected chi connectivity index (χ0v) is 9.54. The van der Waals surface area contributed by atoms with Crippen LogP contribution in [0.5, 0.6) is 5.75 Å². The maximum absolute atomic E-state index is 13.4. The number of ether oxygens (including phenoxy) is 1. The van der Waals surface area contributed by atoms with Gasteiger partial charge in [-0.1, -0.05) is 13.0 Å². The van der Waals surface area contributed by atoms with Crippen LogP contribution in [0.1, 0.15) is 24.5 Å². The van der Waals surface area contributed by atoms with Gasteiger partial charge in [0.2, 0.25) is 0 Å². The average Bonchev–Trinajstić information content (AvgIpc) is 2.21. The van der Waals surface area contributed by atoms with Crippen LogP contribution in [-0.4, -0.2) is 6.11 Å². The van der Waals surface area contributed by atoms with E-state index < -0.39 is 35.8 Å². The smallest absolute Gasteiger partial charge is 0.422 e. The van der Waals surface area contributed by atoms with E-state index in [1.54, 1.807) is 0 Å². The molecule has 18 heavy (non-hydrogen) atoms. The third-order valence-electron chi connectivity index (χ3n) is 2.25. The number of rotatable bonds is 3. The first kappa shape index (κ1) is 14.7. The fourth-order valence-corrected chi connectivity index (χ4v) is 1.24. The fourth-order valence-electron chi connectivity index (χ4n) is 1.24. The Hall–Kier alpha value is -1.40. The second-order valence-corrected chi connectivity index (χ2v) is 3.66. The quantitative estimate of drug-likeness (QED) is 0.734. The Labute approximate surface area is 99.4 Å². The van der Waals surface area contributed by atoms with Crippen LogP contribution in [0.15, 0.2) is 12.1 Å². The van der Waals surface area contributed by atoms with Gasteiger partial charge >= 0.3 is 12.3 Å². The second-order valence-electron chi connectivity index (χ2n) is 3.66. The normalized spacial score (nSPS) is 12.7. The summed E-state index contributed by atoms with van der Waals surface area (Å²) in [6.07, 6.45) is -9.70. The van der Waals surface area contributed by atoms with Crippen molar-refractivity contribution in [2.24, 2.45) is 0 Å². The van der Waals surface area contributed by atoms with E-state index >= 15 is 0 Å². The first-order chi connectivity index (χ1) is 8.08. The monoisotopic (exact) mass is 272 g/mol. The van der Waals surface area contributed by atoms with Crippen molar-refractivity contribution in [3.8, 4) is 5.75 Å². The van der Waals surface area contributed by atoms with Crippen molar-refractivity contribution in [1.82, 2.24) is 0 Å². The van der Waals surface area contributed by atoms with Crippen LogP contribution in [0.4, 0.5) is 26.3 Å². The number of halogens is 6. The Morgan fingerprint density at radius 2 is 1.67 bits per heavy atom. The van der Waals surface area contributed by atoms with E-state index in [1.165, 1.54) is 0 Å². The van der Waals surface area contributed by atoms with Crippen LogP contribution >= 0.6 is 0 Å². The molecule has 0 saturated carbocycles. The molecule has 0 N–H and O–H groups in total. The summed E-state index contributed by atoms with van der Waals surface area (Å²) in [5.41, 5.74) is -2.11. The zero-order valence-electron chi connectivity index (χ0n) is 9.54. The maximum Gasteiger partial charge on any atom is 0.422 e. The lowest BCUT2D eigenvalue weighted by atomic mass is 10.1. The van der Waals surface area contributed by atoms with Gasteiger partial charge in [0.1, 0.15) is 17.1 Å². The maximum atomic E-state index is 13.4. The molecule has 0 aromatic heterocycles. The lowest BCUT2D eigenvalue weighted by Crippen LogP contribution is -2.25. The number of alkyl halides is 5. The third-order valence-corrected chi connectivity index (χ3v) is 2.25.